The van der Waals surface area contributed by atoms with Crippen LogP contribution < -0.4 is 0 Å². The normalized spacial score (nSPS) is 16.1. The standard InChI is InChI=1S/C15H29ClO5/c1-7-15(5,9-10-18-6)19-11-8-14(3,4)21-13(17)20-12(2)16/h12H,7-11H2,1-6H3. The predicted molar refractivity (Wildman–Crippen MR) is 82.7 cm³/mol. The second kappa shape index (κ2) is 9.49. The van der Waals surface area contributed by atoms with Crippen LogP contribution >= 0.6 is 11.6 Å². The largest absolute Gasteiger partial charge is 0.510 e. The molecule has 0 amide bonds. The highest BCUT2D eigenvalue weighted by Gasteiger charge is 2.27. The maximum Gasteiger partial charge on any atom is 0.510 e. The van der Waals surface area contributed by atoms with Crippen molar-refractivity contribution in [3.05, 3.63) is 0 Å². The number of hydrogen-bond donors (Lipinski definition) is 0. The lowest BCUT2D eigenvalue weighted by atomic mass is 9.99. The van der Waals surface area contributed by atoms with Crippen LogP contribution in [0.4, 0.5) is 4.79 Å². The molecule has 0 bridgehead atoms. The molecule has 0 aliphatic heterocycles. The van der Waals surface area contributed by atoms with Crippen LogP contribution in [0.25, 0.3) is 0 Å². The summed E-state index contributed by atoms with van der Waals surface area (Å²) < 4.78 is 21.0. The number of halogens is 1. The Morgan fingerprint density at radius 3 is 2.29 bits per heavy atom. The summed E-state index contributed by atoms with van der Waals surface area (Å²) >= 11 is 5.57. The predicted octanol–water partition coefficient (Wildman–Crippen LogP) is 4.11. The highest BCUT2D eigenvalue weighted by Crippen LogP contribution is 2.23. The minimum absolute atomic E-state index is 0.225. The third kappa shape index (κ3) is 9.93. The Morgan fingerprint density at radius 1 is 1.19 bits per heavy atom. The van der Waals surface area contributed by atoms with Crippen molar-refractivity contribution >= 4 is 17.8 Å². The fourth-order valence-electron chi connectivity index (χ4n) is 1.65. The van der Waals surface area contributed by atoms with Crippen LogP contribution in [0.5, 0.6) is 0 Å². The molecule has 126 valence electrons. The molecule has 6 heteroatoms. The van der Waals surface area contributed by atoms with E-state index in [1.165, 1.54) is 0 Å². The summed E-state index contributed by atoms with van der Waals surface area (Å²) in [6.45, 7) is 10.5. The Kier molecular flexibility index (Phi) is 9.25. The van der Waals surface area contributed by atoms with Crippen molar-refractivity contribution < 1.29 is 23.7 Å². The molecule has 0 radical (unpaired) electrons. The molecule has 0 rings (SSSR count). The molecule has 0 N–H and O–H groups in total. The number of ether oxygens (including phenoxy) is 4. The minimum atomic E-state index is -0.764. The molecule has 5 nitrogen and oxygen atoms in total. The van der Waals surface area contributed by atoms with Gasteiger partial charge in [0.05, 0.1) is 12.2 Å². The zero-order valence-electron chi connectivity index (χ0n) is 14.0. The molecule has 0 aliphatic rings. The van der Waals surface area contributed by atoms with E-state index in [2.05, 4.69) is 13.8 Å². The Bertz CT molecular complexity index is 306. The lowest BCUT2D eigenvalue weighted by molar-refractivity contribution is -0.0808. The van der Waals surface area contributed by atoms with Crippen molar-refractivity contribution in [2.75, 3.05) is 20.3 Å². The first kappa shape index (κ1) is 20.5. The second-order valence-electron chi connectivity index (χ2n) is 5.92. The molecule has 0 saturated heterocycles. The summed E-state index contributed by atoms with van der Waals surface area (Å²) in [7, 11) is 1.68. The maximum atomic E-state index is 11.4. The van der Waals surface area contributed by atoms with Gasteiger partial charge in [-0.05, 0) is 40.5 Å². The Balaban J connectivity index is 4.20. The summed E-state index contributed by atoms with van der Waals surface area (Å²) in [6.07, 6.45) is 1.53. The first-order valence-corrected chi connectivity index (χ1v) is 7.74. The Morgan fingerprint density at radius 2 is 1.81 bits per heavy atom. The number of hydrogen-bond acceptors (Lipinski definition) is 5. The molecule has 2 atom stereocenters. The zero-order chi connectivity index (χ0) is 16.5. The summed E-state index contributed by atoms with van der Waals surface area (Å²) in [4.78, 5) is 11.4. The average molecular weight is 325 g/mol. The van der Waals surface area contributed by atoms with Gasteiger partial charge in [-0.2, -0.15) is 0 Å². The van der Waals surface area contributed by atoms with E-state index in [4.69, 9.17) is 30.5 Å². The van der Waals surface area contributed by atoms with E-state index in [1.54, 1.807) is 14.0 Å². The van der Waals surface area contributed by atoms with Crippen molar-refractivity contribution in [1.82, 2.24) is 0 Å². The van der Waals surface area contributed by atoms with Crippen molar-refractivity contribution in [1.29, 1.82) is 0 Å². The summed E-state index contributed by atoms with van der Waals surface area (Å²) in [6, 6.07) is 0. The van der Waals surface area contributed by atoms with Crippen LogP contribution in [-0.2, 0) is 18.9 Å². The van der Waals surface area contributed by atoms with E-state index in [1.807, 2.05) is 13.8 Å². The molecular formula is C15H29ClO5. The van der Waals surface area contributed by atoms with Gasteiger partial charge in [-0.25, -0.2) is 4.79 Å². The molecule has 0 saturated carbocycles. The Labute approximate surface area is 133 Å². The molecule has 21 heavy (non-hydrogen) atoms. The highest BCUT2D eigenvalue weighted by molar-refractivity contribution is 6.19. The quantitative estimate of drug-likeness (QED) is 0.447. The van der Waals surface area contributed by atoms with Gasteiger partial charge in [-0.3, -0.25) is 0 Å². The van der Waals surface area contributed by atoms with Crippen molar-refractivity contribution in [3.63, 3.8) is 0 Å². The molecular weight excluding hydrogens is 296 g/mol. The second-order valence-corrected chi connectivity index (χ2v) is 6.53. The first-order chi connectivity index (χ1) is 9.64. The lowest BCUT2D eigenvalue weighted by Crippen LogP contribution is -2.34. The van der Waals surface area contributed by atoms with E-state index < -0.39 is 17.3 Å². The fourth-order valence-corrected chi connectivity index (χ4v) is 1.72. The SMILES string of the molecule is CCC(C)(CCOC)OCCC(C)(C)OC(=O)OC(C)Cl. The summed E-state index contributed by atoms with van der Waals surface area (Å²) in [5, 5.41) is 0. The number of carbonyl (C=O) groups excluding carboxylic acids is 1. The first-order valence-electron chi connectivity index (χ1n) is 7.31. The van der Waals surface area contributed by atoms with Crippen LogP contribution in [0.15, 0.2) is 0 Å². The summed E-state index contributed by atoms with van der Waals surface area (Å²) in [5.41, 5.74) is -1.60. The van der Waals surface area contributed by atoms with Gasteiger partial charge in [0.15, 0.2) is 5.56 Å². The molecule has 0 aromatic heterocycles. The summed E-state index contributed by atoms with van der Waals surface area (Å²) in [5.74, 6) is 0. The minimum Gasteiger partial charge on any atom is -0.428 e. The highest BCUT2D eigenvalue weighted by atomic mass is 35.5. The average Bonchev–Trinajstić information content (AvgIpc) is 2.34. The van der Waals surface area contributed by atoms with Gasteiger partial charge in [-0.1, -0.05) is 18.5 Å². The third-order valence-corrected chi connectivity index (χ3v) is 3.44. The maximum absolute atomic E-state index is 11.4. The van der Waals surface area contributed by atoms with Gasteiger partial charge in [-0.15, -0.1) is 0 Å². The van der Waals surface area contributed by atoms with Crippen LogP contribution in [-0.4, -0.2) is 43.2 Å². The van der Waals surface area contributed by atoms with Gasteiger partial charge in [0.1, 0.15) is 5.60 Å². The molecule has 0 aromatic rings. The molecule has 0 fully saturated rings. The van der Waals surface area contributed by atoms with Crippen molar-refractivity contribution in [3.8, 4) is 0 Å². The lowest BCUT2D eigenvalue weighted by Gasteiger charge is -2.31. The monoisotopic (exact) mass is 324 g/mol. The van der Waals surface area contributed by atoms with Gasteiger partial charge in [0.25, 0.3) is 0 Å². The molecule has 0 aromatic carbocycles. The number of methoxy groups -OCH3 is 1. The van der Waals surface area contributed by atoms with Gasteiger partial charge < -0.3 is 18.9 Å². The number of carbonyl (C=O) groups is 1. The molecule has 0 heterocycles. The Hall–Kier alpha value is -0.520. The van der Waals surface area contributed by atoms with Crippen LogP contribution in [0.1, 0.15) is 53.9 Å². The third-order valence-electron chi connectivity index (χ3n) is 3.36. The molecule has 2 unspecified atom stereocenters. The van der Waals surface area contributed by atoms with E-state index in [0.717, 1.165) is 12.8 Å². The van der Waals surface area contributed by atoms with Gasteiger partial charge in [0.2, 0.25) is 0 Å². The molecule has 0 aliphatic carbocycles. The van der Waals surface area contributed by atoms with Crippen LogP contribution in [0, 0.1) is 0 Å². The zero-order valence-corrected chi connectivity index (χ0v) is 14.8. The van der Waals surface area contributed by atoms with Crippen molar-refractivity contribution in [2.24, 2.45) is 0 Å². The smallest absolute Gasteiger partial charge is 0.428 e. The number of alkyl halides is 1. The topological polar surface area (TPSA) is 54.0 Å². The van der Waals surface area contributed by atoms with Gasteiger partial charge in [0, 0.05) is 20.1 Å². The van der Waals surface area contributed by atoms with E-state index >= 15 is 0 Å². The number of rotatable bonds is 10. The van der Waals surface area contributed by atoms with Crippen LogP contribution in [0.2, 0.25) is 0 Å². The van der Waals surface area contributed by atoms with E-state index in [0.29, 0.717) is 19.6 Å². The van der Waals surface area contributed by atoms with E-state index in [9.17, 15) is 4.79 Å². The van der Waals surface area contributed by atoms with E-state index in [-0.39, 0.29) is 5.60 Å². The molecule has 0 spiro atoms. The van der Waals surface area contributed by atoms with Crippen molar-refractivity contribution in [2.45, 2.75) is 70.6 Å². The van der Waals surface area contributed by atoms with Gasteiger partial charge >= 0.3 is 6.16 Å². The van der Waals surface area contributed by atoms with Crippen LogP contribution in [0.3, 0.4) is 0 Å². The fraction of sp³-hybridized carbons (Fsp3) is 0.933.